The van der Waals surface area contributed by atoms with E-state index in [1.807, 2.05) is 31.2 Å². The number of benzene rings is 3. The van der Waals surface area contributed by atoms with E-state index in [0.29, 0.717) is 11.1 Å². The monoisotopic (exact) mass is 413 g/mol. The summed E-state index contributed by atoms with van der Waals surface area (Å²) < 4.78 is 5.06. The zero-order chi connectivity index (χ0) is 22.0. The molecular weight excluding hydrogens is 394 g/mol. The van der Waals surface area contributed by atoms with Gasteiger partial charge in [0.15, 0.2) is 18.2 Å². The lowest BCUT2D eigenvalue weighted by Gasteiger charge is -2.20. The highest BCUT2D eigenvalue weighted by molar-refractivity contribution is 6.30. The van der Waals surface area contributed by atoms with E-state index in [4.69, 9.17) is 4.74 Å². The fourth-order valence-corrected chi connectivity index (χ4v) is 3.51. The van der Waals surface area contributed by atoms with Crippen LogP contribution >= 0.6 is 0 Å². The number of hydrogen-bond acceptors (Lipinski definition) is 5. The lowest BCUT2D eigenvalue weighted by molar-refractivity contribution is -0.146. The number of rotatable bonds is 5. The summed E-state index contributed by atoms with van der Waals surface area (Å²) in [6.07, 6.45) is 0.0536. The normalized spacial score (nSPS) is 12.0. The minimum atomic E-state index is -0.593. The third-order valence-electron chi connectivity index (χ3n) is 5.06. The Bertz CT molecular complexity index is 1210. The molecule has 0 atom stereocenters. The van der Waals surface area contributed by atoms with E-state index in [1.165, 1.54) is 0 Å². The van der Waals surface area contributed by atoms with Crippen LogP contribution in [0.1, 0.15) is 43.0 Å². The zero-order valence-corrected chi connectivity index (χ0v) is 16.8. The van der Waals surface area contributed by atoms with Crippen molar-refractivity contribution in [3.8, 4) is 0 Å². The van der Waals surface area contributed by atoms with Gasteiger partial charge in [-0.05, 0) is 18.6 Å². The molecule has 1 amide bonds. The highest BCUT2D eigenvalue weighted by Crippen LogP contribution is 2.31. The van der Waals surface area contributed by atoms with Gasteiger partial charge in [-0.1, -0.05) is 66.2 Å². The van der Waals surface area contributed by atoms with Crippen molar-refractivity contribution in [3.63, 3.8) is 0 Å². The summed E-state index contributed by atoms with van der Waals surface area (Å²) in [5, 5.41) is 2.59. The maximum Gasteiger partial charge on any atom is 0.310 e. The van der Waals surface area contributed by atoms with E-state index < -0.39 is 18.5 Å². The lowest BCUT2D eigenvalue weighted by atomic mass is 9.83. The Balaban J connectivity index is 1.45. The predicted octanol–water partition coefficient (Wildman–Crippen LogP) is 3.49. The highest BCUT2D eigenvalue weighted by Gasteiger charge is 2.31. The molecule has 6 nitrogen and oxygen atoms in total. The first kappa shape index (κ1) is 20.2. The number of carbonyl (C=O) groups excluding carboxylic acids is 4. The average Bonchev–Trinajstić information content (AvgIpc) is 2.77. The second-order valence-electron chi connectivity index (χ2n) is 7.30. The molecular formula is C25H19NO5. The molecule has 0 unspecified atom stereocenters. The number of hydrogen-bond donors (Lipinski definition) is 1. The van der Waals surface area contributed by atoms with E-state index in [9.17, 15) is 19.2 Å². The fraction of sp³-hybridized carbons (Fsp3) is 0.120. The van der Waals surface area contributed by atoms with Gasteiger partial charge in [-0.2, -0.15) is 0 Å². The standard InChI is InChI=1S/C25H19NO5/c1-15-9-11-16(12-10-15)13-22(28)31-14-21(27)26-20-8-4-7-19-23(20)25(30)18-6-3-2-5-17(18)24(19)29/h2-12H,13-14H2,1H3,(H,26,27). The van der Waals surface area contributed by atoms with Crippen LogP contribution in [0.4, 0.5) is 5.69 Å². The van der Waals surface area contributed by atoms with E-state index in [2.05, 4.69) is 5.32 Å². The Morgan fingerprint density at radius 2 is 1.45 bits per heavy atom. The summed E-state index contributed by atoms with van der Waals surface area (Å²) in [4.78, 5) is 50.1. The molecule has 0 radical (unpaired) electrons. The van der Waals surface area contributed by atoms with Gasteiger partial charge in [0, 0.05) is 16.7 Å². The molecule has 0 spiro atoms. The van der Waals surface area contributed by atoms with Gasteiger partial charge >= 0.3 is 5.97 Å². The first-order chi connectivity index (χ1) is 14.9. The maximum absolute atomic E-state index is 13.0. The van der Waals surface area contributed by atoms with Crippen LogP contribution < -0.4 is 5.32 Å². The predicted molar refractivity (Wildman–Crippen MR) is 114 cm³/mol. The molecule has 0 aromatic heterocycles. The summed E-state index contributed by atoms with van der Waals surface area (Å²) >= 11 is 0. The number of anilines is 1. The van der Waals surface area contributed by atoms with Gasteiger partial charge in [0.25, 0.3) is 5.91 Å². The molecule has 0 saturated heterocycles. The molecule has 3 aromatic carbocycles. The molecule has 6 heteroatoms. The third kappa shape index (κ3) is 4.14. The summed E-state index contributed by atoms with van der Waals surface area (Å²) in [5.41, 5.74) is 3.10. The molecule has 154 valence electrons. The first-order valence-electron chi connectivity index (χ1n) is 9.76. The quantitative estimate of drug-likeness (QED) is 0.506. The van der Waals surface area contributed by atoms with Gasteiger partial charge in [0.05, 0.1) is 17.7 Å². The average molecular weight is 413 g/mol. The Hall–Kier alpha value is -4.06. The van der Waals surface area contributed by atoms with Crippen LogP contribution in [-0.4, -0.2) is 30.0 Å². The van der Waals surface area contributed by atoms with Crippen molar-refractivity contribution in [2.75, 3.05) is 11.9 Å². The summed E-state index contributed by atoms with van der Waals surface area (Å²) in [6, 6.07) is 18.7. The van der Waals surface area contributed by atoms with Crippen molar-refractivity contribution < 1.29 is 23.9 Å². The van der Waals surface area contributed by atoms with Gasteiger partial charge in [-0.15, -0.1) is 0 Å². The van der Waals surface area contributed by atoms with Gasteiger partial charge in [-0.3, -0.25) is 19.2 Å². The maximum atomic E-state index is 13.0. The van der Waals surface area contributed by atoms with Gasteiger partial charge < -0.3 is 10.1 Å². The van der Waals surface area contributed by atoms with E-state index in [1.54, 1.807) is 42.5 Å². The minimum Gasteiger partial charge on any atom is -0.455 e. The third-order valence-corrected chi connectivity index (χ3v) is 5.06. The van der Waals surface area contributed by atoms with Crippen LogP contribution in [-0.2, 0) is 20.7 Å². The van der Waals surface area contributed by atoms with Crippen molar-refractivity contribution in [3.05, 3.63) is 100 Å². The molecule has 0 aliphatic heterocycles. The molecule has 1 aliphatic carbocycles. The second-order valence-corrected chi connectivity index (χ2v) is 7.30. The van der Waals surface area contributed by atoms with Crippen molar-refractivity contribution in [2.45, 2.75) is 13.3 Å². The largest absolute Gasteiger partial charge is 0.455 e. The topological polar surface area (TPSA) is 89.5 Å². The smallest absolute Gasteiger partial charge is 0.310 e. The van der Waals surface area contributed by atoms with Crippen molar-refractivity contribution in [2.24, 2.45) is 0 Å². The molecule has 4 rings (SSSR count). The summed E-state index contributed by atoms with van der Waals surface area (Å²) in [7, 11) is 0. The van der Waals surface area contributed by atoms with E-state index >= 15 is 0 Å². The number of ketones is 2. The minimum absolute atomic E-state index is 0.0536. The van der Waals surface area contributed by atoms with Crippen LogP contribution in [0.25, 0.3) is 0 Å². The molecule has 31 heavy (non-hydrogen) atoms. The van der Waals surface area contributed by atoms with Gasteiger partial charge in [0.2, 0.25) is 0 Å². The second kappa shape index (κ2) is 8.36. The number of fused-ring (bicyclic) bond motifs is 2. The summed E-state index contributed by atoms with van der Waals surface area (Å²) in [5.74, 6) is -1.73. The highest BCUT2D eigenvalue weighted by atomic mass is 16.5. The number of amides is 1. The van der Waals surface area contributed by atoms with Crippen LogP contribution in [0.5, 0.6) is 0 Å². The Labute approximate surface area is 178 Å². The van der Waals surface area contributed by atoms with Crippen LogP contribution in [0, 0.1) is 6.92 Å². The molecule has 1 N–H and O–H groups in total. The van der Waals surface area contributed by atoms with Crippen LogP contribution in [0.15, 0.2) is 66.7 Å². The van der Waals surface area contributed by atoms with E-state index in [-0.39, 0.29) is 34.8 Å². The number of ether oxygens (including phenoxy) is 1. The molecule has 0 heterocycles. The zero-order valence-electron chi connectivity index (χ0n) is 16.8. The van der Waals surface area contributed by atoms with Crippen molar-refractivity contribution in [1.82, 2.24) is 0 Å². The first-order valence-corrected chi connectivity index (χ1v) is 9.76. The van der Waals surface area contributed by atoms with Crippen molar-refractivity contribution in [1.29, 1.82) is 0 Å². The Kier molecular flexibility index (Phi) is 5.45. The number of esters is 1. The van der Waals surface area contributed by atoms with Gasteiger partial charge in [-0.25, -0.2) is 0 Å². The lowest BCUT2D eigenvalue weighted by Crippen LogP contribution is -2.26. The van der Waals surface area contributed by atoms with Crippen LogP contribution in [0.2, 0.25) is 0 Å². The van der Waals surface area contributed by atoms with E-state index in [0.717, 1.165) is 11.1 Å². The molecule has 0 saturated carbocycles. The SMILES string of the molecule is Cc1ccc(CC(=O)OCC(=O)Nc2cccc3c2C(=O)c2ccccc2C3=O)cc1. The molecule has 0 fully saturated rings. The molecule has 1 aliphatic rings. The summed E-state index contributed by atoms with van der Waals surface area (Å²) in [6.45, 7) is 1.46. The van der Waals surface area contributed by atoms with Gasteiger partial charge in [0.1, 0.15) is 0 Å². The Morgan fingerprint density at radius 3 is 2.16 bits per heavy atom. The molecule has 3 aromatic rings. The molecule has 0 bridgehead atoms. The number of aryl methyl sites for hydroxylation is 1. The number of carbonyl (C=O) groups is 4. The Morgan fingerprint density at radius 1 is 0.806 bits per heavy atom. The number of nitrogens with one attached hydrogen (secondary N) is 1. The van der Waals surface area contributed by atoms with Crippen molar-refractivity contribution >= 4 is 29.1 Å². The van der Waals surface area contributed by atoms with Crippen LogP contribution in [0.3, 0.4) is 0 Å². The fourth-order valence-electron chi connectivity index (χ4n) is 3.51.